The van der Waals surface area contributed by atoms with Crippen molar-refractivity contribution in [2.24, 2.45) is 0 Å². The summed E-state index contributed by atoms with van der Waals surface area (Å²) in [5, 5.41) is 0. The second-order valence-corrected chi connectivity index (χ2v) is 3.98. The molecule has 0 heterocycles. The van der Waals surface area contributed by atoms with E-state index in [4.69, 9.17) is 9.47 Å². The molecular formula is C15H18O3. The molecule has 0 radical (unpaired) electrons. The van der Waals surface area contributed by atoms with Crippen LogP contribution >= 0.6 is 0 Å². The van der Waals surface area contributed by atoms with Crippen molar-refractivity contribution >= 4 is 5.97 Å². The van der Waals surface area contributed by atoms with E-state index in [2.05, 4.69) is 13.2 Å². The predicted molar refractivity (Wildman–Crippen MR) is 71.0 cm³/mol. The van der Waals surface area contributed by atoms with Crippen LogP contribution in [0.25, 0.3) is 0 Å². The number of rotatable bonds is 7. The summed E-state index contributed by atoms with van der Waals surface area (Å²) < 4.78 is 10.6. The van der Waals surface area contributed by atoms with E-state index in [0.29, 0.717) is 13.2 Å². The smallest absolute Gasteiger partial charge is 0.330 e. The minimum atomic E-state index is -0.466. The standard InChI is InChI=1S/C15H18O3/c1-4-15(16)18-14(12(2)3)11-17-10-13-8-6-5-7-9-13/h4-9,14H,1-2,10-11H2,3H3/t14-/m0/s1. The lowest BCUT2D eigenvalue weighted by Gasteiger charge is -2.17. The van der Waals surface area contributed by atoms with Crippen LogP contribution in [0.15, 0.2) is 55.1 Å². The molecule has 0 aliphatic carbocycles. The van der Waals surface area contributed by atoms with Crippen molar-refractivity contribution in [2.45, 2.75) is 19.6 Å². The third kappa shape index (κ3) is 4.97. The molecule has 3 nitrogen and oxygen atoms in total. The number of carbonyl (C=O) groups excluding carboxylic acids is 1. The number of benzene rings is 1. The average Bonchev–Trinajstić information content (AvgIpc) is 2.38. The van der Waals surface area contributed by atoms with Gasteiger partial charge in [-0.1, -0.05) is 43.5 Å². The maximum Gasteiger partial charge on any atom is 0.330 e. The summed E-state index contributed by atoms with van der Waals surface area (Å²) in [6, 6.07) is 9.81. The topological polar surface area (TPSA) is 35.5 Å². The lowest BCUT2D eigenvalue weighted by atomic mass is 10.2. The van der Waals surface area contributed by atoms with Crippen molar-refractivity contribution in [3.63, 3.8) is 0 Å². The molecule has 0 bridgehead atoms. The molecule has 0 amide bonds. The third-order valence-corrected chi connectivity index (χ3v) is 2.36. The third-order valence-electron chi connectivity index (χ3n) is 2.36. The maximum atomic E-state index is 11.1. The molecule has 0 saturated carbocycles. The first-order chi connectivity index (χ1) is 8.63. The highest BCUT2D eigenvalue weighted by Crippen LogP contribution is 2.08. The Morgan fingerprint density at radius 1 is 1.39 bits per heavy atom. The molecule has 1 rings (SSSR count). The van der Waals surface area contributed by atoms with Gasteiger partial charge in [-0.2, -0.15) is 0 Å². The van der Waals surface area contributed by atoms with Gasteiger partial charge in [0.05, 0.1) is 13.2 Å². The van der Waals surface area contributed by atoms with Crippen LogP contribution in [-0.2, 0) is 20.9 Å². The normalized spacial score (nSPS) is 11.6. The van der Waals surface area contributed by atoms with Crippen LogP contribution in [0.4, 0.5) is 0 Å². The highest BCUT2D eigenvalue weighted by atomic mass is 16.6. The Kier molecular flexibility index (Phi) is 5.88. The van der Waals surface area contributed by atoms with Gasteiger partial charge < -0.3 is 9.47 Å². The molecule has 0 aromatic heterocycles. The second kappa shape index (κ2) is 7.45. The first-order valence-corrected chi connectivity index (χ1v) is 5.73. The molecule has 0 aliphatic rings. The first-order valence-electron chi connectivity index (χ1n) is 5.73. The Morgan fingerprint density at radius 3 is 2.61 bits per heavy atom. The van der Waals surface area contributed by atoms with E-state index in [0.717, 1.165) is 17.2 Å². The highest BCUT2D eigenvalue weighted by molar-refractivity contribution is 5.81. The molecular weight excluding hydrogens is 228 g/mol. The van der Waals surface area contributed by atoms with Gasteiger partial charge in [0.2, 0.25) is 0 Å². The van der Waals surface area contributed by atoms with Crippen LogP contribution in [0.5, 0.6) is 0 Å². The monoisotopic (exact) mass is 246 g/mol. The lowest BCUT2D eigenvalue weighted by molar-refractivity contribution is -0.144. The number of hydrogen-bond acceptors (Lipinski definition) is 3. The van der Waals surface area contributed by atoms with Crippen LogP contribution in [-0.4, -0.2) is 18.7 Å². The SMILES string of the molecule is C=CC(=O)O[C@@H](COCc1ccccc1)C(=C)C. The maximum absolute atomic E-state index is 11.1. The zero-order chi connectivity index (χ0) is 13.4. The molecule has 1 aromatic carbocycles. The second-order valence-electron chi connectivity index (χ2n) is 3.98. The zero-order valence-electron chi connectivity index (χ0n) is 10.6. The number of hydrogen-bond donors (Lipinski definition) is 0. The van der Waals surface area contributed by atoms with Crippen molar-refractivity contribution in [2.75, 3.05) is 6.61 Å². The van der Waals surface area contributed by atoms with Crippen LogP contribution in [0, 0.1) is 0 Å². The van der Waals surface area contributed by atoms with Crippen molar-refractivity contribution in [1.82, 2.24) is 0 Å². The summed E-state index contributed by atoms with van der Waals surface area (Å²) >= 11 is 0. The highest BCUT2D eigenvalue weighted by Gasteiger charge is 2.13. The van der Waals surface area contributed by atoms with Crippen molar-refractivity contribution < 1.29 is 14.3 Å². The summed E-state index contributed by atoms with van der Waals surface area (Å²) in [7, 11) is 0. The van der Waals surface area contributed by atoms with Gasteiger partial charge in [0.25, 0.3) is 0 Å². The summed E-state index contributed by atoms with van der Waals surface area (Å²) in [5.74, 6) is -0.466. The minimum Gasteiger partial charge on any atom is -0.452 e. The summed E-state index contributed by atoms with van der Waals surface area (Å²) in [4.78, 5) is 11.1. The molecule has 0 aliphatic heterocycles. The van der Waals surface area contributed by atoms with Gasteiger partial charge in [-0.3, -0.25) is 0 Å². The first kappa shape index (κ1) is 14.2. The Morgan fingerprint density at radius 2 is 2.06 bits per heavy atom. The van der Waals surface area contributed by atoms with Crippen molar-refractivity contribution in [1.29, 1.82) is 0 Å². The van der Waals surface area contributed by atoms with Crippen LogP contribution in [0.3, 0.4) is 0 Å². The molecule has 1 atom stereocenters. The molecule has 0 fully saturated rings. The van der Waals surface area contributed by atoms with Gasteiger partial charge in [0, 0.05) is 6.08 Å². The average molecular weight is 246 g/mol. The zero-order valence-corrected chi connectivity index (χ0v) is 10.6. The molecule has 1 aromatic rings. The quantitative estimate of drug-likeness (QED) is 0.421. The summed E-state index contributed by atoms with van der Waals surface area (Å²) in [6.07, 6.45) is 0.701. The number of ether oxygens (including phenoxy) is 2. The molecule has 96 valence electrons. The van der Waals surface area contributed by atoms with Gasteiger partial charge in [-0.05, 0) is 18.1 Å². The minimum absolute atomic E-state index is 0.295. The van der Waals surface area contributed by atoms with Crippen LogP contribution in [0.2, 0.25) is 0 Å². The van der Waals surface area contributed by atoms with Crippen molar-refractivity contribution in [3.8, 4) is 0 Å². The molecule has 0 saturated heterocycles. The number of esters is 1. The van der Waals surface area contributed by atoms with E-state index >= 15 is 0 Å². The van der Waals surface area contributed by atoms with E-state index in [1.165, 1.54) is 0 Å². The van der Waals surface area contributed by atoms with Gasteiger partial charge in [-0.25, -0.2) is 4.79 Å². The van der Waals surface area contributed by atoms with E-state index < -0.39 is 12.1 Å². The molecule has 0 unspecified atom stereocenters. The van der Waals surface area contributed by atoms with E-state index in [9.17, 15) is 4.79 Å². The Hall–Kier alpha value is -1.87. The van der Waals surface area contributed by atoms with Crippen molar-refractivity contribution in [3.05, 3.63) is 60.7 Å². The molecule has 0 N–H and O–H groups in total. The fraction of sp³-hybridized carbons (Fsp3) is 0.267. The Balaban J connectivity index is 2.41. The molecule has 0 spiro atoms. The molecule has 18 heavy (non-hydrogen) atoms. The van der Waals surface area contributed by atoms with Crippen LogP contribution < -0.4 is 0 Å². The number of carbonyl (C=O) groups is 1. The summed E-state index contributed by atoms with van der Waals surface area (Å²) in [5.41, 5.74) is 1.83. The van der Waals surface area contributed by atoms with E-state index in [1.807, 2.05) is 30.3 Å². The van der Waals surface area contributed by atoms with Gasteiger partial charge >= 0.3 is 5.97 Å². The lowest BCUT2D eigenvalue weighted by Crippen LogP contribution is -2.23. The Bertz CT molecular complexity index is 409. The fourth-order valence-corrected chi connectivity index (χ4v) is 1.32. The predicted octanol–water partition coefficient (Wildman–Crippen LogP) is 2.88. The largest absolute Gasteiger partial charge is 0.452 e. The molecule has 3 heteroatoms. The van der Waals surface area contributed by atoms with E-state index in [-0.39, 0.29) is 0 Å². The Labute approximate surface area is 108 Å². The van der Waals surface area contributed by atoms with E-state index in [1.54, 1.807) is 6.92 Å². The van der Waals surface area contributed by atoms with Gasteiger partial charge in [-0.15, -0.1) is 0 Å². The van der Waals surface area contributed by atoms with Gasteiger partial charge in [0.1, 0.15) is 6.10 Å². The summed E-state index contributed by atoms with van der Waals surface area (Å²) in [6.45, 7) is 9.71. The van der Waals surface area contributed by atoms with Gasteiger partial charge in [0.15, 0.2) is 0 Å². The fourth-order valence-electron chi connectivity index (χ4n) is 1.32. The van der Waals surface area contributed by atoms with Crippen LogP contribution in [0.1, 0.15) is 12.5 Å².